The average Bonchev–Trinajstić information content (AvgIpc) is 2.54. The summed E-state index contributed by atoms with van der Waals surface area (Å²) in [5.74, 6) is 1.75. The van der Waals surface area contributed by atoms with Crippen LogP contribution in [0.1, 0.15) is 27.7 Å². The van der Waals surface area contributed by atoms with E-state index in [4.69, 9.17) is 9.47 Å². The minimum Gasteiger partial charge on any atom is -0.497 e. The molecular formula is C17H24O2. The third-order valence-corrected chi connectivity index (χ3v) is 2.87. The van der Waals surface area contributed by atoms with Crippen molar-refractivity contribution < 1.29 is 9.47 Å². The summed E-state index contributed by atoms with van der Waals surface area (Å²) < 4.78 is 10.6. The molecule has 19 heavy (non-hydrogen) atoms. The highest BCUT2D eigenvalue weighted by Gasteiger charge is 2.14. The molecule has 2 nitrogen and oxygen atoms in total. The molecule has 0 bridgehead atoms. The maximum absolute atomic E-state index is 5.38. The number of hydrogen-bond donors (Lipinski definition) is 0. The zero-order valence-electron chi connectivity index (χ0n) is 12.8. The molecule has 0 N–H and O–H groups in total. The highest BCUT2D eigenvalue weighted by molar-refractivity contribution is 5.52. The van der Waals surface area contributed by atoms with E-state index < -0.39 is 0 Å². The number of ether oxygens (including phenoxy) is 2. The number of fused-ring (bicyclic) bond motifs is 1. The summed E-state index contributed by atoms with van der Waals surface area (Å²) in [6.45, 7) is 8.33. The second-order valence-electron chi connectivity index (χ2n) is 4.86. The van der Waals surface area contributed by atoms with E-state index in [1.54, 1.807) is 14.2 Å². The molecule has 0 heterocycles. The minimum absolute atomic E-state index is 0.0122. The maximum atomic E-state index is 5.38. The van der Waals surface area contributed by atoms with Gasteiger partial charge in [-0.15, -0.1) is 0 Å². The van der Waals surface area contributed by atoms with Gasteiger partial charge in [0.1, 0.15) is 11.5 Å². The van der Waals surface area contributed by atoms with Crippen LogP contribution in [0.4, 0.5) is 0 Å². The molecule has 1 aliphatic carbocycles. The largest absolute Gasteiger partial charge is 0.497 e. The van der Waals surface area contributed by atoms with Crippen LogP contribution in [0.3, 0.4) is 0 Å². The molecule has 1 aliphatic rings. The predicted octanol–water partition coefficient (Wildman–Crippen LogP) is 2.85. The van der Waals surface area contributed by atoms with Crippen molar-refractivity contribution in [2.75, 3.05) is 14.2 Å². The van der Waals surface area contributed by atoms with Crippen molar-refractivity contribution in [2.45, 2.75) is 27.7 Å². The lowest BCUT2D eigenvalue weighted by atomic mass is 9.92. The van der Waals surface area contributed by atoms with Crippen LogP contribution in [-0.4, -0.2) is 14.2 Å². The standard InChI is InChI=1S/C15H18O2.C2H6/c1-15(2)9-11-5-6-13(16-3)7-12(11)8-14(10-15)17-4;1-2/h5-10H,1-4H3;1-2H3. The van der Waals surface area contributed by atoms with Crippen molar-refractivity contribution in [3.8, 4) is 5.75 Å². The summed E-state index contributed by atoms with van der Waals surface area (Å²) in [6, 6.07) is 6.09. The van der Waals surface area contributed by atoms with Gasteiger partial charge >= 0.3 is 0 Å². The van der Waals surface area contributed by atoms with Crippen molar-refractivity contribution >= 4 is 12.2 Å². The molecule has 0 unspecified atom stereocenters. The van der Waals surface area contributed by atoms with Crippen LogP contribution in [0, 0.1) is 5.41 Å². The fourth-order valence-corrected chi connectivity index (χ4v) is 2.06. The Hall–Kier alpha value is -1.70. The Morgan fingerprint density at radius 1 is 0.895 bits per heavy atom. The maximum Gasteiger partial charge on any atom is 0.119 e. The Morgan fingerprint density at radius 2 is 1.58 bits per heavy atom. The number of allylic oxidation sites excluding steroid dienone is 2. The number of benzene rings is 1. The van der Waals surface area contributed by atoms with E-state index in [1.807, 2.05) is 32.1 Å². The van der Waals surface area contributed by atoms with Crippen LogP contribution in [-0.2, 0) is 4.74 Å². The molecule has 104 valence electrons. The van der Waals surface area contributed by atoms with Crippen molar-refractivity contribution in [1.29, 1.82) is 0 Å². The molecule has 0 aliphatic heterocycles. The monoisotopic (exact) mass is 260 g/mol. The molecule has 0 radical (unpaired) electrons. The van der Waals surface area contributed by atoms with Gasteiger partial charge in [0.25, 0.3) is 0 Å². The van der Waals surface area contributed by atoms with Crippen LogP contribution < -0.4 is 15.2 Å². The number of rotatable bonds is 2. The van der Waals surface area contributed by atoms with Gasteiger partial charge in [0, 0.05) is 5.41 Å². The lowest BCUT2D eigenvalue weighted by Gasteiger charge is -2.14. The zero-order valence-corrected chi connectivity index (χ0v) is 12.8. The van der Waals surface area contributed by atoms with Crippen molar-refractivity contribution in [1.82, 2.24) is 0 Å². The van der Waals surface area contributed by atoms with Gasteiger partial charge in [-0.3, -0.25) is 0 Å². The Bertz CT molecular complexity index is 565. The molecule has 2 rings (SSSR count). The summed E-state index contributed by atoms with van der Waals surface area (Å²) in [5.41, 5.74) is -0.0122. The lowest BCUT2D eigenvalue weighted by Crippen LogP contribution is -2.25. The molecule has 0 amide bonds. The van der Waals surface area contributed by atoms with E-state index in [2.05, 4.69) is 32.1 Å². The molecule has 0 saturated carbocycles. The van der Waals surface area contributed by atoms with Gasteiger partial charge in [-0.2, -0.15) is 0 Å². The molecule has 0 spiro atoms. The van der Waals surface area contributed by atoms with Crippen molar-refractivity contribution in [2.24, 2.45) is 5.41 Å². The van der Waals surface area contributed by atoms with Gasteiger partial charge < -0.3 is 9.47 Å². The van der Waals surface area contributed by atoms with Gasteiger partial charge in [0.2, 0.25) is 0 Å². The Morgan fingerprint density at radius 3 is 2.16 bits per heavy atom. The Balaban J connectivity index is 0.000000861. The topological polar surface area (TPSA) is 18.5 Å². The molecule has 1 aromatic rings. The molecule has 2 heteroatoms. The van der Waals surface area contributed by atoms with E-state index in [0.29, 0.717) is 0 Å². The van der Waals surface area contributed by atoms with Crippen LogP contribution in [0.25, 0.3) is 12.2 Å². The smallest absolute Gasteiger partial charge is 0.119 e. The van der Waals surface area contributed by atoms with Crippen molar-refractivity contribution in [3.05, 3.63) is 40.5 Å². The summed E-state index contributed by atoms with van der Waals surface area (Å²) in [6.07, 6.45) is 6.41. The molecule has 0 fully saturated rings. The van der Waals surface area contributed by atoms with Gasteiger partial charge in [-0.25, -0.2) is 0 Å². The third-order valence-electron chi connectivity index (χ3n) is 2.87. The van der Waals surface area contributed by atoms with E-state index in [9.17, 15) is 0 Å². The van der Waals surface area contributed by atoms with Crippen LogP contribution in [0.5, 0.6) is 5.75 Å². The normalized spacial score (nSPS) is 15.4. The predicted molar refractivity (Wildman–Crippen MR) is 81.4 cm³/mol. The second kappa shape index (κ2) is 6.46. The fraction of sp³-hybridized carbons (Fsp3) is 0.412. The van der Waals surface area contributed by atoms with E-state index in [1.165, 1.54) is 5.22 Å². The SMILES string of the molecule is CC.COC1=CC(C)(C)C=c2ccc(OC)cc2=C1. The highest BCUT2D eigenvalue weighted by atomic mass is 16.5. The summed E-state index contributed by atoms with van der Waals surface area (Å²) in [5, 5.41) is 2.34. The molecule has 0 saturated heterocycles. The zero-order chi connectivity index (χ0) is 14.5. The van der Waals surface area contributed by atoms with Gasteiger partial charge in [0.15, 0.2) is 0 Å². The van der Waals surface area contributed by atoms with E-state index in [0.717, 1.165) is 16.7 Å². The first-order chi connectivity index (χ1) is 9.04. The average molecular weight is 260 g/mol. The molecular weight excluding hydrogens is 236 g/mol. The summed E-state index contributed by atoms with van der Waals surface area (Å²) >= 11 is 0. The van der Waals surface area contributed by atoms with Crippen LogP contribution in [0.15, 0.2) is 30.0 Å². The van der Waals surface area contributed by atoms with E-state index >= 15 is 0 Å². The fourth-order valence-electron chi connectivity index (χ4n) is 2.06. The first-order valence-electron chi connectivity index (χ1n) is 6.69. The third kappa shape index (κ3) is 3.88. The van der Waals surface area contributed by atoms with E-state index in [-0.39, 0.29) is 5.41 Å². The molecule has 0 atom stereocenters. The van der Waals surface area contributed by atoms with Crippen molar-refractivity contribution in [3.63, 3.8) is 0 Å². The Labute approximate surface area is 116 Å². The van der Waals surface area contributed by atoms with Crippen LogP contribution in [0.2, 0.25) is 0 Å². The van der Waals surface area contributed by atoms with Crippen LogP contribution >= 0.6 is 0 Å². The lowest BCUT2D eigenvalue weighted by molar-refractivity contribution is 0.308. The minimum atomic E-state index is -0.0122. The molecule has 1 aromatic carbocycles. The van der Waals surface area contributed by atoms with Gasteiger partial charge in [-0.1, -0.05) is 39.8 Å². The second-order valence-corrected chi connectivity index (χ2v) is 4.86. The first-order valence-corrected chi connectivity index (χ1v) is 6.69. The summed E-state index contributed by atoms with van der Waals surface area (Å²) in [4.78, 5) is 0. The van der Waals surface area contributed by atoms with Gasteiger partial charge in [0.05, 0.1) is 14.2 Å². The highest BCUT2D eigenvalue weighted by Crippen LogP contribution is 2.23. The number of methoxy groups -OCH3 is 2. The quantitative estimate of drug-likeness (QED) is 0.814. The number of hydrogen-bond acceptors (Lipinski definition) is 2. The molecule has 0 aromatic heterocycles. The Kier molecular flexibility index (Phi) is 5.22. The summed E-state index contributed by atoms with van der Waals surface area (Å²) in [7, 11) is 3.38. The van der Waals surface area contributed by atoms with Gasteiger partial charge in [-0.05, 0) is 34.7 Å². The first kappa shape index (κ1) is 15.4.